The second-order valence-corrected chi connectivity index (χ2v) is 4.46. The molecule has 0 aromatic heterocycles. The zero-order chi connectivity index (χ0) is 12.1. The van der Waals surface area contributed by atoms with E-state index in [1.54, 1.807) is 0 Å². The molecule has 19 heavy (non-hydrogen) atoms. The van der Waals surface area contributed by atoms with Crippen LogP contribution in [0.1, 0.15) is 5.56 Å². The average Bonchev–Trinajstić information content (AvgIpc) is 2.81. The van der Waals surface area contributed by atoms with Crippen LogP contribution >= 0.6 is 0 Å². The Labute approximate surface area is 125 Å². The van der Waals surface area contributed by atoms with Gasteiger partial charge in [-0.05, 0) is 7.05 Å². The molecule has 97 valence electrons. The minimum Gasteiger partial charge on any atom is -0.476 e. The molecule has 0 saturated carbocycles. The van der Waals surface area contributed by atoms with Gasteiger partial charge in [0.1, 0.15) is 5.84 Å². The first-order valence-corrected chi connectivity index (χ1v) is 5.91. The van der Waals surface area contributed by atoms with Gasteiger partial charge in [0.15, 0.2) is 0 Å². The van der Waals surface area contributed by atoms with Crippen molar-refractivity contribution < 1.29 is 20.1 Å². The monoisotopic (exact) mass is 426 g/mol. The Kier molecular flexibility index (Phi) is 2.92. The molecule has 0 saturated heterocycles. The fourth-order valence-electron chi connectivity index (χ4n) is 2.55. The third-order valence-corrected chi connectivity index (χ3v) is 3.30. The van der Waals surface area contributed by atoms with Crippen LogP contribution in [-0.4, -0.2) is 17.9 Å². The van der Waals surface area contributed by atoms with Gasteiger partial charge in [0, 0.05) is 25.7 Å². The van der Waals surface area contributed by atoms with E-state index in [0.717, 1.165) is 11.5 Å². The standard InChI is InChI=1S/C15H11N3.Ir/c1-17-10-18-14-9-5-4-7-12(14)11-6-2-3-8-13(11)15(18)16-17;/h2-8,10H,1H3;/q-2;. The number of hydrogen-bond acceptors (Lipinski definition) is 3. The summed E-state index contributed by atoms with van der Waals surface area (Å²) in [4.78, 5) is 2.09. The summed E-state index contributed by atoms with van der Waals surface area (Å²) in [5.74, 6) is 0.975. The predicted molar refractivity (Wildman–Crippen MR) is 71.8 cm³/mol. The van der Waals surface area contributed by atoms with Crippen molar-refractivity contribution in [1.29, 1.82) is 0 Å². The van der Waals surface area contributed by atoms with E-state index >= 15 is 0 Å². The largest absolute Gasteiger partial charge is 0.476 e. The molecule has 2 aliphatic rings. The summed E-state index contributed by atoms with van der Waals surface area (Å²) < 4.78 is 0. The Morgan fingerprint density at radius 1 is 1.05 bits per heavy atom. The Morgan fingerprint density at radius 3 is 2.63 bits per heavy atom. The van der Waals surface area contributed by atoms with Gasteiger partial charge >= 0.3 is 0 Å². The van der Waals surface area contributed by atoms with Crippen molar-refractivity contribution >= 4 is 11.5 Å². The van der Waals surface area contributed by atoms with Gasteiger partial charge in [0.05, 0.1) is 0 Å². The molecule has 0 spiro atoms. The number of para-hydroxylation sites is 1. The van der Waals surface area contributed by atoms with Crippen LogP contribution in [0.5, 0.6) is 0 Å². The molecule has 4 heteroatoms. The fraction of sp³-hybridized carbons (Fsp3) is 0.0667. The van der Waals surface area contributed by atoms with Gasteiger partial charge in [-0.25, -0.2) is 0 Å². The van der Waals surface area contributed by atoms with E-state index in [0.29, 0.717) is 0 Å². The van der Waals surface area contributed by atoms with E-state index < -0.39 is 0 Å². The molecule has 1 radical (unpaired) electrons. The molecule has 0 amide bonds. The maximum absolute atomic E-state index is 4.55. The topological polar surface area (TPSA) is 18.8 Å². The normalized spacial score (nSPS) is 15.1. The van der Waals surface area contributed by atoms with Gasteiger partial charge in [0.25, 0.3) is 0 Å². The number of amidine groups is 1. The summed E-state index contributed by atoms with van der Waals surface area (Å²) in [7, 11) is 1.94. The number of nitrogens with zero attached hydrogens (tertiary/aromatic N) is 3. The molecule has 0 aliphatic carbocycles. The van der Waals surface area contributed by atoms with E-state index in [4.69, 9.17) is 0 Å². The SMILES string of the molecule is CN1[CH-]N2C(=N1)c1ccccc1-c1ccc[c-]c12.[Ir]. The van der Waals surface area contributed by atoms with Gasteiger partial charge < -0.3 is 9.91 Å². The quantitative estimate of drug-likeness (QED) is 0.605. The molecule has 2 aromatic rings. The number of hydrazone groups is 1. The fourth-order valence-corrected chi connectivity index (χ4v) is 2.55. The molecule has 2 aliphatic heterocycles. The van der Waals surface area contributed by atoms with E-state index in [2.05, 4.69) is 46.4 Å². The first-order chi connectivity index (χ1) is 8.84. The summed E-state index contributed by atoms with van der Waals surface area (Å²) in [5.41, 5.74) is 4.67. The predicted octanol–water partition coefficient (Wildman–Crippen LogP) is 2.70. The minimum atomic E-state index is 0. The minimum absolute atomic E-state index is 0. The Bertz CT molecular complexity index is 666. The number of hydrogen-bond donors (Lipinski definition) is 0. The molecule has 4 rings (SSSR count). The van der Waals surface area contributed by atoms with Crippen molar-refractivity contribution in [1.82, 2.24) is 5.01 Å². The zero-order valence-electron chi connectivity index (χ0n) is 10.3. The molecule has 0 bridgehead atoms. The Hall–Kier alpha value is -1.64. The van der Waals surface area contributed by atoms with E-state index in [1.165, 1.54) is 16.7 Å². The molecule has 2 heterocycles. The molecule has 0 N–H and O–H groups in total. The van der Waals surface area contributed by atoms with Crippen LogP contribution in [0.2, 0.25) is 0 Å². The van der Waals surface area contributed by atoms with E-state index in [9.17, 15) is 0 Å². The van der Waals surface area contributed by atoms with Crippen molar-refractivity contribution in [2.45, 2.75) is 0 Å². The second-order valence-electron chi connectivity index (χ2n) is 4.46. The number of fused-ring (bicyclic) bond motifs is 6. The van der Waals surface area contributed by atoms with Crippen LogP contribution in [0.3, 0.4) is 0 Å². The molecule has 0 atom stereocenters. The first kappa shape index (κ1) is 12.4. The van der Waals surface area contributed by atoms with Gasteiger partial charge in [-0.15, -0.1) is 12.2 Å². The summed E-state index contributed by atoms with van der Waals surface area (Å²) in [5, 5.41) is 6.39. The van der Waals surface area contributed by atoms with Gasteiger partial charge in [-0.1, -0.05) is 35.5 Å². The molecule has 2 aromatic carbocycles. The molecule has 0 fully saturated rings. The molecular formula is C15H11IrN3-2. The number of anilines is 1. The van der Waals surface area contributed by atoms with Crippen LogP contribution in [0.25, 0.3) is 11.1 Å². The van der Waals surface area contributed by atoms with Gasteiger partial charge in [0.2, 0.25) is 0 Å². The maximum atomic E-state index is 4.55. The van der Waals surface area contributed by atoms with Gasteiger partial charge in [-0.3, -0.25) is 0 Å². The summed E-state index contributed by atoms with van der Waals surface area (Å²) in [6.45, 7) is 1.99. The van der Waals surface area contributed by atoms with Crippen LogP contribution in [-0.2, 0) is 20.1 Å². The van der Waals surface area contributed by atoms with Crippen molar-refractivity contribution in [2.75, 3.05) is 11.9 Å². The van der Waals surface area contributed by atoms with Crippen molar-refractivity contribution in [3.63, 3.8) is 0 Å². The second kappa shape index (κ2) is 4.48. The average molecular weight is 425 g/mol. The summed E-state index contributed by atoms with van der Waals surface area (Å²) in [6, 6.07) is 17.8. The zero-order valence-corrected chi connectivity index (χ0v) is 12.7. The number of benzene rings is 2. The number of rotatable bonds is 0. The van der Waals surface area contributed by atoms with Crippen LogP contribution in [0.15, 0.2) is 47.6 Å². The van der Waals surface area contributed by atoms with E-state index in [1.807, 2.05) is 30.9 Å². The third-order valence-electron chi connectivity index (χ3n) is 3.30. The smallest absolute Gasteiger partial charge is 0.127 e. The molecular weight excluding hydrogens is 414 g/mol. The van der Waals surface area contributed by atoms with Crippen LogP contribution in [0.4, 0.5) is 5.69 Å². The Morgan fingerprint density at radius 2 is 1.79 bits per heavy atom. The summed E-state index contributed by atoms with van der Waals surface area (Å²) >= 11 is 0. The third kappa shape index (κ3) is 1.71. The van der Waals surface area contributed by atoms with Crippen molar-refractivity contribution in [3.8, 4) is 11.1 Å². The van der Waals surface area contributed by atoms with E-state index in [-0.39, 0.29) is 20.1 Å². The molecule has 3 nitrogen and oxygen atoms in total. The first-order valence-electron chi connectivity index (χ1n) is 5.91. The van der Waals surface area contributed by atoms with Crippen LogP contribution in [0, 0.1) is 12.7 Å². The van der Waals surface area contributed by atoms with Crippen molar-refractivity contribution in [3.05, 3.63) is 60.8 Å². The van der Waals surface area contributed by atoms with Crippen molar-refractivity contribution in [2.24, 2.45) is 5.10 Å². The summed E-state index contributed by atoms with van der Waals surface area (Å²) in [6.07, 6.45) is 0. The Balaban J connectivity index is 0.00000110. The maximum Gasteiger partial charge on any atom is 0.127 e. The van der Waals surface area contributed by atoms with Crippen LogP contribution < -0.4 is 4.90 Å². The molecule has 0 unspecified atom stereocenters. The van der Waals surface area contributed by atoms with Gasteiger partial charge in [-0.2, -0.15) is 29.4 Å².